The van der Waals surface area contributed by atoms with Crippen LogP contribution in [0, 0.1) is 0 Å². The molecule has 1 aromatic heterocycles. The van der Waals surface area contributed by atoms with Crippen LogP contribution in [0.25, 0.3) is 10.9 Å². The quantitative estimate of drug-likeness (QED) is 0.539. The molecule has 1 fully saturated rings. The zero-order chi connectivity index (χ0) is 22.7. The van der Waals surface area contributed by atoms with Gasteiger partial charge >= 0.3 is 0 Å². The fourth-order valence-corrected chi connectivity index (χ4v) is 5.26. The predicted molar refractivity (Wildman–Crippen MR) is 124 cm³/mol. The van der Waals surface area contributed by atoms with Gasteiger partial charge in [-0.15, -0.1) is 0 Å². The molecule has 4 rings (SSSR count). The lowest BCUT2D eigenvalue weighted by Gasteiger charge is -2.27. The van der Waals surface area contributed by atoms with E-state index in [0.29, 0.717) is 42.9 Å². The maximum atomic E-state index is 13.1. The minimum absolute atomic E-state index is 0.0150. The van der Waals surface area contributed by atoms with E-state index in [9.17, 15) is 18.0 Å². The van der Waals surface area contributed by atoms with E-state index >= 15 is 0 Å². The van der Waals surface area contributed by atoms with Gasteiger partial charge in [-0.05, 0) is 30.3 Å². The molecule has 1 N–H and O–H groups in total. The second-order valence-electron chi connectivity index (χ2n) is 7.45. The molecule has 3 aromatic rings. The van der Waals surface area contributed by atoms with Crippen molar-refractivity contribution in [2.24, 2.45) is 0 Å². The zero-order valence-electron chi connectivity index (χ0n) is 17.2. The molecule has 0 bridgehead atoms. The summed E-state index contributed by atoms with van der Waals surface area (Å²) in [6.07, 6.45) is 1.45. The normalized spacial score (nSPS) is 14.5. The number of hydrogen-bond acceptors (Lipinski definition) is 5. The standard InChI is InChI=1S/C22H22BrN3O5S/c23-16-5-7-17(8-6-16)24-21(27)15-32(29,30)20-13-26(19-4-2-1-3-18(19)20)14-22(28)25-9-11-31-12-10-25/h1-8,13H,9-12,14-15H2,(H,24,27). The average molecular weight is 520 g/mol. The third kappa shape index (κ3) is 5.03. The van der Waals surface area contributed by atoms with Crippen LogP contribution in [-0.2, 0) is 30.7 Å². The highest BCUT2D eigenvalue weighted by Crippen LogP contribution is 2.27. The number of fused-ring (bicyclic) bond motifs is 1. The number of anilines is 1. The number of para-hydroxylation sites is 1. The Hall–Kier alpha value is -2.69. The van der Waals surface area contributed by atoms with E-state index in [1.54, 1.807) is 58.0 Å². The summed E-state index contributed by atoms with van der Waals surface area (Å²) >= 11 is 3.31. The lowest BCUT2D eigenvalue weighted by atomic mass is 10.2. The van der Waals surface area contributed by atoms with Gasteiger partial charge in [0.25, 0.3) is 0 Å². The lowest BCUT2D eigenvalue weighted by molar-refractivity contribution is -0.135. The first-order valence-electron chi connectivity index (χ1n) is 10.0. The molecule has 1 aliphatic rings. The Bertz CT molecular complexity index is 1250. The van der Waals surface area contributed by atoms with Crippen LogP contribution in [0.2, 0.25) is 0 Å². The van der Waals surface area contributed by atoms with Gasteiger partial charge in [-0.25, -0.2) is 8.42 Å². The Morgan fingerprint density at radius 1 is 1.03 bits per heavy atom. The van der Waals surface area contributed by atoms with Crippen molar-refractivity contribution in [2.45, 2.75) is 11.4 Å². The number of rotatable bonds is 6. The van der Waals surface area contributed by atoms with Gasteiger partial charge < -0.3 is 19.5 Å². The van der Waals surface area contributed by atoms with Crippen LogP contribution in [0.1, 0.15) is 0 Å². The summed E-state index contributed by atoms with van der Waals surface area (Å²) < 4.78 is 34.0. The van der Waals surface area contributed by atoms with E-state index in [4.69, 9.17) is 4.74 Å². The van der Waals surface area contributed by atoms with Crippen molar-refractivity contribution >= 4 is 54.2 Å². The second kappa shape index (κ2) is 9.43. The van der Waals surface area contributed by atoms with Crippen LogP contribution in [0.3, 0.4) is 0 Å². The van der Waals surface area contributed by atoms with E-state index < -0.39 is 21.5 Å². The first kappa shape index (κ1) is 22.5. The number of nitrogens with zero attached hydrogens (tertiary/aromatic N) is 2. The van der Waals surface area contributed by atoms with Crippen molar-refractivity contribution in [1.29, 1.82) is 0 Å². The Labute approximate surface area is 194 Å². The van der Waals surface area contributed by atoms with E-state index in [1.807, 2.05) is 0 Å². The van der Waals surface area contributed by atoms with E-state index in [1.165, 1.54) is 6.20 Å². The highest BCUT2D eigenvalue weighted by atomic mass is 79.9. The number of amides is 2. The van der Waals surface area contributed by atoms with Gasteiger partial charge in [-0.3, -0.25) is 9.59 Å². The Morgan fingerprint density at radius 3 is 2.44 bits per heavy atom. The summed E-state index contributed by atoms with van der Waals surface area (Å²) in [5, 5.41) is 3.09. The molecule has 8 nitrogen and oxygen atoms in total. The van der Waals surface area contributed by atoms with Crippen LogP contribution >= 0.6 is 15.9 Å². The molecule has 168 valence electrons. The van der Waals surface area contributed by atoms with Gasteiger partial charge in [0.2, 0.25) is 11.8 Å². The van der Waals surface area contributed by atoms with Crippen molar-refractivity contribution in [3.63, 3.8) is 0 Å². The molecule has 2 heterocycles. The predicted octanol–water partition coefficient (Wildman–Crippen LogP) is 2.68. The van der Waals surface area contributed by atoms with Crippen molar-refractivity contribution in [3.05, 3.63) is 59.2 Å². The maximum Gasteiger partial charge on any atom is 0.242 e. The number of nitrogens with one attached hydrogen (secondary N) is 1. The van der Waals surface area contributed by atoms with E-state index in [0.717, 1.165) is 4.47 Å². The summed E-state index contributed by atoms with van der Waals surface area (Å²) in [7, 11) is -3.94. The fourth-order valence-electron chi connectivity index (χ4n) is 3.63. The molecular formula is C22H22BrN3O5S. The number of carbonyl (C=O) groups is 2. The van der Waals surface area contributed by atoms with Crippen LogP contribution in [0.15, 0.2) is 64.1 Å². The molecule has 32 heavy (non-hydrogen) atoms. The van der Waals surface area contributed by atoms with Gasteiger partial charge in [0.05, 0.1) is 18.1 Å². The number of aromatic nitrogens is 1. The van der Waals surface area contributed by atoms with Gasteiger partial charge in [-0.1, -0.05) is 34.1 Å². The van der Waals surface area contributed by atoms with Gasteiger partial charge in [0.15, 0.2) is 9.84 Å². The number of sulfone groups is 1. The number of ether oxygens (including phenoxy) is 1. The monoisotopic (exact) mass is 519 g/mol. The molecule has 0 unspecified atom stereocenters. The smallest absolute Gasteiger partial charge is 0.242 e. The molecule has 0 saturated carbocycles. The maximum absolute atomic E-state index is 13.1. The SMILES string of the molecule is O=C(CS(=O)(=O)c1cn(CC(=O)N2CCOCC2)c2ccccc12)Nc1ccc(Br)cc1. The molecule has 1 saturated heterocycles. The number of halogens is 1. The molecule has 10 heteroatoms. The van der Waals surface area contributed by atoms with E-state index in [2.05, 4.69) is 21.2 Å². The summed E-state index contributed by atoms with van der Waals surface area (Å²) in [6.45, 7) is 2.02. The largest absolute Gasteiger partial charge is 0.378 e. The average Bonchev–Trinajstić information content (AvgIpc) is 3.15. The molecule has 0 aliphatic carbocycles. The van der Waals surface area contributed by atoms with E-state index in [-0.39, 0.29) is 17.3 Å². The van der Waals surface area contributed by atoms with Crippen LogP contribution in [0.4, 0.5) is 5.69 Å². The van der Waals surface area contributed by atoms with Crippen molar-refractivity contribution in [1.82, 2.24) is 9.47 Å². The number of hydrogen-bond donors (Lipinski definition) is 1. The van der Waals surface area contributed by atoms with Gasteiger partial charge in [0.1, 0.15) is 12.3 Å². The van der Waals surface area contributed by atoms with Crippen molar-refractivity contribution < 1.29 is 22.7 Å². The summed E-state index contributed by atoms with van der Waals surface area (Å²) in [4.78, 5) is 26.9. The first-order valence-corrected chi connectivity index (χ1v) is 12.5. The number of carbonyl (C=O) groups excluding carboxylic acids is 2. The summed E-state index contributed by atoms with van der Waals surface area (Å²) in [6, 6.07) is 13.8. The zero-order valence-corrected chi connectivity index (χ0v) is 19.6. The summed E-state index contributed by atoms with van der Waals surface area (Å²) in [5.74, 6) is -1.44. The number of morpholine rings is 1. The van der Waals surface area contributed by atoms with Gasteiger partial charge in [0, 0.05) is 40.3 Å². The van der Waals surface area contributed by atoms with Crippen molar-refractivity contribution in [2.75, 3.05) is 37.4 Å². The van der Waals surface area contributed by atoms with Gasteiger partial charge in [-0.2, -0.15) is 0 Å². The highest BCUT2D eigenvalue weighted by Gasteiger charge is 2.26. The van der Waals surface area contributed by atoms with Crippen LogP contribution in [-0.4, -0.2) is 61.8 Å². The molecule has 2 aromatic carbocycles. The molecule has 0 radical (unpaired) electrons. The molecule has 2 amide bonds. The molecular weight excluding hydrogens is 498 g/mol. The second-order valence-corrected chi connectivity index (χ2v) is 10.3. The topological polar surface area (TPSA) is 97.7 Å². The highest BCUT2D eigenvalue weighted by molar-refractivity contribution is 9.10. The minimum Gasteiger partial charge on any atom is -0.378 e. The van der Waals surface area contributed by atoms with Crippen LogP contribution < -0.4 is 5.32 Å². The third-order valence-corrected chi connectivity index (χ3v) is 7.37. The Kier molecular flexibility index (Phi) is 6.63. The first-order chi connectivity index (χ1) is 15.3. The fraction of sp³-hybridized carbons (Fsp3) is 0.273. The number of benzene rings is 2. The third-order valence-electron chi connectivity index (χ3n) is 5.21. The Balaban J connectivity index is 1.56. The minimum atomic E-state index is -3.94. The summed E-state index contributed by atoms with van der Waals surface area (Å²) in [5.41, 5.74) is 1.13. The Morgan fingerprint density at radius 2 is 1.72 bits per heavy atom. The lowest BCUT2D eigenvalue weighted by Crippen LogP contribution is -2.42. The molecule has 1 aliphatic heterocycles. The molecule has 0 spiro atoms. The van der Waals surface area contributed by atoms with Crippen LogP contribution in [0.5, 0.6) is 0 Å². The molecule has 0 atom stereocenters. The van der Waals surface area contributed by atoms with Crippen molar-refractivity contribution in [3.8, 4) is 0 Å².